The van der Waals surface area contributed by atoms with Crippen LogP contribution in [0.25, 0.3) is 0 Å². The summed E-state index contributed by atoms with van der Waals surface area (Å²) in [4.78, 5) is 13.3. The van der Waals surface area contributed by atoms with E-state index in [1.165, 1.54) is 25.3 Å². The van der Waals surface area contributed by atoms with Gasteiger partial charge in [-0.25, -0.2) is 0 Å². The second-order valence-electron chi connectivity index (χ2n) is 4.49. The van der Waals surface area contributed by atoms with Gasteiger partial charge < -0.3 is 5.32 Å². The molecule has 1 N–H and O–H groups in total. The Morgan fingerprint density at radius 2 is 2.16 bits per heavy atom. The standard InChI is InChI=1S/C12H13BrF2N2OS/c1-4-9-16-11(2,8-5-7(13)6-19-8)12(14,15)10(18)17(9)3/h4-6,16H,1-3H3/b9-4-/t11-/m1/s1. The van der Waals surface area contributed by atoms with Crippen LogP contribution >= 0.6 is 27.3 Å². The summed E-state index contributed by atoms with van der Waals surface area (Å²) >= 11 is 4.43. The number of hydrogen-bond acceptors (Lipinski definition) is 3. The predicted octanol–water partition coefficient (Wildman–Crippen LogP) is 3.28. The zero-order chi connectivity index (χ0) is 14.4. The summed E-state index contributed by atoms with van der Waals surface area (Å²) < 4.78 is 29.5. The van der Waals surface area contributed by atoms with Gasteiger partial charge in [-0.1, -0.05) is 0 Å². The van der Waals surface area contributed by atoms with Gasteiger partial charge in [-0.3, -0.25) is 9.69 Å². The second kappa shape index (κ2) is 4.56. The lowest BCUT2D eigenvalue weighted by Gasteiger charge is -2.45. The van der Waals surface area contributed by atoms with Crippen LogP contribution in [0.2, 0.25) is 0 Å². The van der Waals surface area contributed by atoms with Crippen molar-refractivity contribution in [1.82, 2.24) is 10.2 Å². The van der Waals surface area contributed by atoms with E-state index in [2.05, 4.69) is 21.2 Å². The van der Waals surface area contributed by atoms with Gasteiger partial charge in [0.25, 0.3) is 0 Å². The molecule has 0 unspecified atom stereocenters. The molecule has 7 heteroatoms. The minimum atomic E-state index is -3.52. The molecule has 104 valence electrons. The summed E-state index contributed by atoms with van der Waals surface area (Å²) in [6.45, 7) is 3.04. The first-order chi connectivity index (χ1) is 8.74. The van der Waals surface area contributed by atoms with Gasteiger partial charge in [0.15, 0.2) is 0 Å². The third-order valence-electron chi connectivity index (χ3n) is 3.27. The van der Waals surface area contributed by atoms with E-state index in [-0.39, 0.29) is 0 Å². The number of thiophene rings is 1. The smallest absolute Gasteiger partial charge is 0.352 e. The second-order valence-corrected chi connectivity index (χ2v) is 6.32. The van der Waals surface area contributed by atoms with Crippen molar-refractivity contribution in [3.05, 3.63) is 32.7 Å². The average Bonchev–Trinajstić information content (AvgIpc) is 2.79. The number of carbonyl (C=O) groups is 1. The highest BCUT2D eigenvalue weighted by molar-refractivity contribution is 9.10. The molecular weight excluding hydrogens is 338 g/mol. The van der Waals surface area contributed by atoms with Crippen molar-refractivity contribution in [2.45, 2.75) is 25.3 Å². The summed E-state index contributed by atoms with van der Waals surface area (Å²) in [5.41, 5.74) is -1.74. The number of carbonyl (C=O) groups excluding carboxylic acids is 1. The fourth-order valence-corrected chi connectivity index (χ4v) is 3.59. The summed E-state index contributed by atoms with van der Waals surface area (Å²) in [7, 11) is 1.34. The van der Waals surface area contributed by atoms with Gasteiger partial charge in [-0.15, -0.1) is 11.3 Å². The van der Waals surface area contributed by atoms with Crippen LogP contribution < -0.4 is 5.32 Å². The zero-order valence-electron chi connectivity index (χ0n) is 10.6. The van der Waals surface area contributed by atoms with Gasteiger partial charge in [0.05, 0.1) is 0 Å². The van der Waals surface area contributed by atoms with Crippen LogP contribution in [0.3, 0.4) is 0 Å². The number of halogens is 3. The molecule has 0 spiro atoms. The molecule has 1 fully saturated rings. The maximum Gasteiger partial charge on any atom is 0.352 e. The van der Waals surface area contributed by atoms with Crippen LogP contribution in [-0.4, -0.2) is 23.8 Å². The molecule has 1 atom stereocenters. The van der Waals surface area contributed by atoms with E-state index < -0.39 is 17.4 Å². The van der Waals surface area contributed by atoms with E-state index in [9.17, 15) is 13.6 Å². The van der Waals surface area contributed by atoms with Crippen molar-refractivity contribution in [3.8, 4) is 0 Å². The first kappa shape index (κ1) is 14.5. The van der Waals surface area contributed by atoms with Gasteiger partial charge in [0.1, 0.15) is 11.4 Å². The lowest BCUT2D eigenvalue weighted by molar-refractivity contribution is -0.175. The molecule has 1 aliphatic heterocycles. The van der Waals surface area contributed by atoms with E-state index in [1.807, 2.05) is 0 Å². The Balaban J connectivity index is 2.57. The number of alkyl halides is 2. The first-order valence-electron chi connectivity index (χ1n) is 5.59. The SMILES string of the molecule is C/C=C1/N[C@](C)(c2cc(Br)cs2)C(F)(F)C(=O)N1C. The minimum Gasteiger partial charge on any atom is -0.356 e. The molecule has 19 heavy (non-hydrogen) atoms. The van der Waals surface area contributed by atoms with Crippen LogP contribution in [-0.2, 0) is 10.3 Å². The van der Waals surface area contributed by atoms with Crippen molar-refractivity contribution in [1.29, 1.82) is 0 Å². The number of hydrogen-bond donors (Lipinski definition) is 1. The lowest BCUT2D eigenvalue weighted by Crippen LogP contribution is -2.66. The third kappa shape index (κ3) is 1.99. The Kier molecular flexibility index (Phi) is 3.47. The number of rotatable bonds is 1. The van der Waals surface area contributed by atoms with Crippen molar-refractivity contribution in [2.75, 3.05) is 7.05 Å². The van der Waals surface area contributed by atoms with Crippen LogP contribution in [0.15, 0.2) is 27.8 Å². The minimum absolute atomic E-state index is 0.378. The van der Waals surface area contributed by atoms with E-state index >= 15 is 0 Å². The van der Waals surface area contributed by atoms with E-state index in [0.29, 0.717) is 10.7 Å². The number of nitrogens with zero attached hydrogens (tertiary/aromatic N) is 1. The highest BCUT2D eigenvalue weighted by atomic mass is 79.9. The monoisotopic (exact) mass is 350 g/mol. The van der Waals surface area contributed by atoms with Gasteiger partial charge >= 0.3 is 11.8 Å². The highest BCUT2D eigenvalue weighted by Crippen LogP contribution is 2.45. The summed E-state index contributed by atoms with van der Waals surface area (Å²) in [5, 5.41) is 4.50. The van der Waals surface area contributed by atoms with Crippen molar-refractivity contribution >= 4 is 33.2 Å². The van der Waals surface area contributed by atoms with Crippen LogP contribution in [0.5, 0.6) is 0 Å². The van der Waals surface area contributed by atoms with Crippen molar-refractivity contribution < 1.29 is 13.6 Å². The molecule has 1 aliphatic rings. The first-order valence-corrected chi connectivity index (χ1v) is 7.26. The Morgan fingerprint density at radius 3 is 2.63 bits per heavy atom. The Hall–Kier alpha value is -0.950. The Bertz CT molecular complexity index is 558. The molecular formula is C12H13BrF2N2OS. The van der Waals surface area contributed by atoms with Crippen molar-refractivity contribution in [2.24, 2.45) is 0 Å². The molecule has 1 amide bonds. The van der Waals surface area contributed by atoms with E-state index in [4.69, 9.17) is 0 Å². The molecule has 0 saturated carbocycles. The fourth-order valence-electron chi connectivity index (χ4n) is 2.01. The quantitative estimate of drug-likeness (QED) is 0.842. The average molecular weight is 351 g/mol. The molecule has 2 heterocycles. The van der Waals surface area contributed by atoms with Crippen molar-refractivity contribution in [3.63, 3.8) is 0 Å². The summed E-state index contributed by atoms with van der Waals surface area (Å²) in [5.74, 6) is -4.34. The van der Waals surface area contributed by atoms with Crippen LogP contribution in [0, 0.1) is 0 Å². The lowest BCUT2D eigenvalue weighted by atomic mass is 9.88. The third-order valence-corrected chi connectivity index (χ3v) is 5.19. The molecule has 0 bridgehead atoms. The summed E-state index contributed by atoms with van der Waals surface area (Å²) in [6.07, 6.45) is 1.61. The maximum absolute atomic E-state index is 14.4. The number of nitrogens with one attached hydrogen (secondary N) is 1. The van der Waals surface area contributed by atoms with Crippen LogP contribution in [0.1, 0.15) is 18.7 Å². The van der Waals surface area contributed by atoms with Gasteiger partial charge in [0.2, 0.25) is 0 Å². The maximum atomic E-state index is 14.4. The molecule has 3 nitrogen and oxygen atoms in total. The largest absolute Gasteiger partial charge is 0.356 e. The summed E-state index contributed by atoms with van der Waals surface area (Å²) in [6, 6.07) is 1.61. The molecule has 0 aliphatic carbocycles. The Morgan fingerprint density at radius 1 is 1.53 bits per heavy atom. The van der Waals surface area contributed by atoms with E-state index in [1.54, 1.807) is 24.4 Å². The molecule has 0 radical (unpaired) electrons. The van der Waals surface area contributed by atoms with E-state index in [0.717, 1.165) is 9.37 Å². The zero-order valence-corrected chi connectivity index (χ0v) is 13.0. The molecule has 2 rings (SSSR count). The molecule has 1 saturated heterocycles. The fraction of sp³-hybridized carbons (Fsp3) is 0.417. The highest BCUT2D eigenvalue weighted by Gasteiger charge is 2.62. The number of amides is 1. The normalized spacial score (nSPS) is 28.6. The molecule has 1 aromatic heterocycles. The van der Waals surface area contributed by atoms with Gasteiger partial charge in [0, 0.05) is 21.8 Å². The molecule has 0 aromatic carbocycles. The van der Waals surface area contributed by atoms with Gasteiger partial charge in [-0.2, -0.15) is 8.78 Å². The van der Waals surface area contributed by atoms with Gasteiger partial charge in [-0.05, 0) is 41.9 Å². The Labute approximate surface area is 122 Å². The number of allylic oxidation sites excluding steroid dienone is 1. The topological polar surface area (TPSA) is 32.3 Å². The predicted molar refractivity (Wildman–Crippen MR) is 74.0 cm³/mol. The van der Waals surface area contributed by atoms with Crippen LogP contribution in [0.4, 0.5) is 8.78 Å². The molecule has 1 aromatic rings.